The molecule has 0 saturated heterocycles. The largest absolute Gasteiger partial charge is 0.333 e. The molecule has 7 heteroatoms. The molecule has 1 heterocycles. The first-order valence-electron chi connectivity index (χ1n) is 8.28. The van der Waals surface area contributed by atoms with E-state index < -0.39 is 17.2 Å². The summed E-state index contributed by atoms with van der Waals surface area (Å²) in [7, 11) is 0. The Labute approximate surface area is 160 Å². The van der Waals surface area contributed by atoms with Crippen molar-refractivity contribution in [2.75, 3.05) is 5.32 Å². The van der Waals surface area contributed by atoms with Gasteiger partial charge in [-0.3, -0.25) is 9.59 Å². The van der Waals surface area contributed by atoms with Crippen molar-refractivity contribution < 1.29 is 4.79 Å². The van der Waals surface area contributed by atoms with Crippen LogP contribution in [-0.4, -0.2) is 15.5 Å². The van der Waals surface area contributed by atoms with E-state index in [1.807, 2.05) is 19.9 Å². The van der Waals surface area contributed by atoms with E-state index in [1.165, 1.54) is 0 Å². The van der Waals surface area contributed by atoms with Gasteiger partial charge in [0.15, 0.2) is 0 Å². The van der Waals surface area contributed by atoms with Crippen molar-refractivity contribution in [2.24, 2.45) is 0 Å². The molecule has 138 valence electrons. The molecule has 2 N–H and O–H groups in total. The van der Waals surface area contributed by atoms with Crippen molar-refractivity contribution in [1.82, 2.24) is 9.55 Å². The second kappa shape index (κ2) is 7.25. The van der Waals surface area contributed by atoms with Gasteiger partial charge in [0.05, 0.1) is 5.69 Å². The summed E-state index contributed by atoms with van der Waals surface area (Å²) in [5.74, 6) is -0.626. The zero-order valence-corrected chi connectivity index (χ0v) is 15.8. The topological polar surface area (TPSA) is 84.0 Å². The van der Waals surface area contributed by atoms with Crippen LogP contribution in [0.5, 0.6) is 0 Å². The third-order valence-electron chi connectivity index (χ3n) is 4.49. The average Bonchev–Trinajstić information content (AvgIpc) is 2.62. The fourth-order valence-corrected chi connectivity index (χ4v) is 2.84. The van der Waals surface area contributed by atoms with E-state index >= 15 is 0 Å². The Morgan fingerprint density at radius 3 is 2.52 bits per heavy atom. The highest BCUT2D eigenvalue weighted by atomic mass is 35.5. The number of carbonyl (C=O) groups is 1. The van der Waals surface area contributed by atoms with Gasteiger partial charge in [-0.25, -0.2) is 9.36 Å². The van der Waals surface area contributed by atoms with Gasteiger partial charge in [-0.15, -0.1) is 0 Å². The Morgan fingerprint density at radius 1 is 1.07 bits per heavy atom. The summed E-state index contributed by atoms with van der Waals surface area (Å²) in [6, 6.07) is 10.3. The molecule has 3 rings (SSSR count). The van der Waals surface area contributed by atoms with Crippen LogP contribution in [0.4, 0.5) is 5.69 Å². The van der Waals surface area contributed by atoms with Crippen molar-refractivity contribution in [3.8, 4) is 5.69 Å². The summed E-state index contributed by atoms with van der Waals surface area (Å²) >= 11 is 6.06. The van der Waals surface area contributed by atoms with Gasteiger partial charge in [-0.05, 0) is 61.7 Å². The van der Waals surface area contributed by atoms with Crippen LogP contribution >= 0.6 is 11.6 Å². The highest BCUT2D eigenvalue weighted by Gasteiger charge is 2.17. The molecule has 0 radical (unpaired) electrons. The van der Waals surface area contributed by atoms with E-state index in [-0.39, 0.29) is 5.56 Å². The first-order valence-corrected chi connectivity index (χ1v) is 8.66. The van der Waals surface area contributed by atoms with Gasteiger partial charge < -0.3 is 10.3 Å². The SMILES string of the molecule is Cc1ccc(-n2c(=O)[nH]cc(C(=O)Nc3cccc(Cl)c3C)c2=O)cc1C. The molecular formula is C20H18ClN3O3. The van der Waals surface area contributed by atoms with Crippen LogP contribution in [0.1, 0.15) is 27.0 Å². The number of hydrogen-bond donors (Lipinski definition) is 2. The number of halogens is 1. The molecule has 0 unspecified atom stereocenters. The summed E-state index contributed by atoms with van der Waals surface area (Å²) in [5, 5.41) is 3.17. The number of nitrogens with one attached hydrogen (secondary N) is 2. The lowest BCUT2D eigenvalue weighted by molar-refractivity contribution is 0.102. The number of rotatable bonds is 3. The predicted molar refractivity (Wildman–Crippen MR) is 106 cm³/mol. The fraction of sp³-hybridized carbons (Fsp3) is 0.150. The Kier molecular flexibility index (Phi) is 5.01. The number of carbonyl (C=O) groups excluding carboxylic acids is 1. The molecule has 2 aromatic carbocycles. The Balaban J connectivity index is 2.06. The van der Waals surface area contributed by atoms with Crippen LogP contribution in [-0.2, 0) is 0 Å². The number of hydrogen-bond acceptors (Lipinski definition) is 3. The maximum atomic E-state index is 12.8. The standard InChI is InChI=1S/C20H18ClN3O3/c1-11-7-8-14(9-12(11)2)24-19(26)15(10-22-20(24)27)18(25)23-17-6-4-5-16(21)13(17)3/h4-10H,1-3H3,(H,22,27)(H,23,25). The molecule has 0 bridgehead atoms. The smallest absolute Gasteiger partial charge is 0.321 e. The monoisotopic (exact) mass is 383 g/mol. The lowest BCUT2D eigenvalue weighted by Gasteiger charge is -2.11. The highest BCUT2D eigenvalue weighted by molar-refractivity contribution is 6.31. The predicted octanol–water partition coefficient (Wildman–Crippen LogP) is 3.36. The van der Waals surface area contributed by atoms with Crippen LogP contribution in [0.3, 0.4) is 0 Å². The molecule has 0 aliphatic carbocycles. The Morgan fingerprint density at radius 2 is 1.81 bits per heavy atom. The van der Waals surface area contributed by atoms with Crippen molar-refractivity contribution in [3.63, 3.8) is 0 Å². The van der Waals surface area contributed by atoms with Crippen molar-refractivity contribution in [3.05, 3.63) is 90.7 Å². The Hall–Kier alpha value is -3.12. The number of benzene rings is 2. The van der Waals surface area contributed by atoms with Crippen molar-refractivity contribution >= 4 is 23.2 Å². The molecule has 0 atom stereocenters. The van der Waals surface area contributed by atoms with Crippen LogP contribution in [0.15, 0.2) is 52.2 Å². The normalized spacial score (nSPS) is 10.7. The molecule has 0 aliphatic rings. The average molecular weight is 384 g/mol. The maximum Gasteiger partial charge on any atom is 0.333 e. The number of aromatic amines is 1. The number of aryl methyl sites for hydroxylation is 2. The van der Waals surface area contributed by atoms with E-state index in [0.29, 0.717) is 22.0 Å². The summed E-state index contributed by atoms with van der Waals surface area (Å²) in [4.78, 5) is 40.1. The Bertz CT molecular complexity index is 1160. The summed E-state index contributed by atoms with van der Waals surface area (Å²) in [5.41, 5.74) is 2.07. The van der Waals surface area contributed by atoms with Gasteiger partial charge in [0, 0.05) is 16.9 Å². The van der Waals surface area contributed by atoms with Crippen LogP contribution < -0.4 is 16.6 Å². The molecular weight excluding hydrogens is 366 g/mol. The lowest BCUT2D eigenvalue weighted by atomic mass is 10.1. The molecule has 3 aromatic rings. The molecule has 0 saturated carbocycles. The zero-order valence-electron chi connectivity index (χ0n) is 15.1. The zero-order chi connectivity index (χ0) is 19.7. The summed E-state index contributed by atoms with van der Waals surface area (Å²) in [6.45, 7) is 5.58. The molecule has 0 fully saturated rings. The van der Waals surface area contributed by atoms with Gasteiger partial charge in [-0.2, -0.15) is 0 Å². The maximum absolute atomic E-state index is 12.8. The van der Waals surface area contributed by atoms with Gasteiger partial charge in [-0.1, -0.05) is 23.7 Å². The van der Waals surface area contributed by atoms with Crippen molar-refractivity contribution in [2.45, 2.75) is 20.8 Å². The van der Waals surface area contributed by atoms with Crippen LogP contribution in [0.25, 0.3) is 5.69 Å². The molecule has 6 nitrogen and oxygen atoms in total. The first-order chi connectivity index (χ1) is 12.8. The molecule has 27 heavy (non-hydrogen) atoms. The number of H-pyrrole nitrogens is 1. The third-order valence-corrected chi connectivity index (χ3v) is 4.90. The minimum Gasteiger partial charge on any atom is -0.321 e. The number of amides is 1. The third kappa shape index (κ3) is 3.57. The number of anilines is 1. The summed E-state index contributed by atoms with van der Waals surface area (Å²) < 4.78 is 0.951. The lowest BCUT2D eigenvalue weighted by Crippen LogP contribution is -2.38. The number of aromatic nitrogens is 2. The minimum atomic E-state index is -0.695. The van der Waals surface area contributed by atoms with E-state index in [1.54, 1.807) is 37.3 Å². The van der Waals surface area contributed by atoms with Gasteiger partial charge in [0.25, 0.3) is 11.5 Å². The van der Waals surface area contributed by atoms with Gasteiger partial charge in [0.1, 0.15) is 5.56 Å². The second-order valence-corrected chi connectivity index (χ2v) is 6.69. The molecule has 1 amide bonds. The van der Waals surface area contributed by atoms with Gasteiger partial charge in [0.2, 0.25) is 0 Å². The molecule has 0 aliphatic heterocycles. The number of nitrogens with zero attached hydrogens (tertiary/aromatic N) is 1. The van der Waals surface area contributed by atoms with Crippen LogP contribution in [0, 0.1) is 20.8 Å². The second-order valence-electron chi connectivity index (χ2n) is 6.28. The quantitative estimate of drug-likeness (QED) is 0.727. The van der Waals surface area contributed by atoms with E-state index in [4.69, 9.17) is 11.6 Å². The van der Waals surface area contributed by atoms with Gasteiger partial charge >= 0.3 is 5.69 Å². The summed E-state index contributed by atoms with van der Waals surface area (Å²) in [6.07, 6.45) is 1.12. The van der Waals surface area contributed by atoms with E-state index in [0.717, 1.165) is 21.9 Å². The van der Waals surface area contributed by atoms with E-state index in [9.17, 15) is 14.4 Å². The first kappa shape index (κ1) is 18.7. The molecule has 1 aromatic heterocycles. The molecule has 0 spiro atoms. The van der Waals surface area contributed by atoms with Crippen LogP contribution in [0.2, 0.25) is 5.02 Å². The van der Waals surface area contributed by atoms with Crippen molar-refractivity contribution in [1.29, 1.82) is 0 Å². The minimum absolute atomic E-state index is 0.174. The highest BCUT2D eigenvalue weighted by Crippen LogP contribution is 2.23. The fourth-order valence-electron chi connectivity index (χ4n) is 2.67. The van der Waals surface area contributed by atoms with E-state index in [2.05, 4.69) is 10.3 Å².